The van der Waals surface area contributed by atoms with Gasteiger partial charge in [-0.25, -0.2) is 0 Å². The van der Waals surface area contributed by atoms with Crippen molar-refractivity contribution in [2.45, 2.75) is 19.3 Å². The number of hydrogen-bond acceptors (Lipinski definition) is 2. The van der Waals surface area contributed by atoms with Crippen LogP contribution in [0.3, 0.4) is 0 Å². The van der Waals surface area contributed by atoms with Crippen LogP contribution in [-0.2, 0) is 28.9 Å². The highest BCUT2D eigenvalue weighted by molar-refractivity contribution is 5.92. The molecular weight excluding hydrogens is 369 g/mol. The van der Waals surface area contributed by atoms with Crippen molar-refractivity contribution in [2.75, 3.05) is 7.11 Å². The maximum atomic E-state index is 13.0. The first-order chi connectivity index (χ1) is 13.3. The second-order valence-corrected chi connectivity index (χ2v) is 6.42. The van der Waals surface area contributed by atoms with Crippen molar-refractivity contribution >= 4 is 22.9 Å². The predicted molar refractivity (Wildman–Crippen MR) is 101 cm³/mol. The quantitative estimate of drug-likeness (QED) is 0.638. The Labute approximate surface area is 160 Å². The highest BCUT2D eigenvalue weighted by Crippen LogP contribution is 2.30. The molecule has 0 bridgehead atoms. The molecule has 0 radical (unpaired) electrons. The molecule has 0 aliphatic rings. The number of ether oxygens (including phenoxy) is 1. The third-order valence-electron chi connectivity index (χ3n) is 4.32. The van der Waals surface area contributed by atoms with Crippen LogP contribution in [0.5, 0.6) is 0 Å². The zero-order valence-corrected chi connectivity index (χ0v) is 15.2. The molecule has 4 nitrogen and oxygen atoms in total. The van der Waals surface area contributed by atoms with E-state index in [0.717, 1.165) is 28.6 Å². The molecule has 3 rings (SSSR count). The number of methoxy groups -OCH3 is 1. The lowest BCUT2D eigenvalue weighted by molar-refractivity contribution is -0.137. The molecule has 0 saturated carbocycles. The number of carbonyl (C=O) groups excluding carboxylic acids is 1. The van der Waals surface area contributed by atoms with Crippen LogP contribution < -0.4 is 5.73 Å². The number of aromatic nitrogens is 1. The van der Waals surface area contributed by atoms with Crippen molar-refractivity contribution in [1.29, 1.82) is 0 Å². The molecule has 0 atom stereocenters. The van der Waals surface area contributed by atoms with Gasteiger partial charge in [0.25, 0.3) is 0 Å². The number of fused-ring (bicyclic) bond motifs is 1. The van der Waals surface area contributed by atoms with Crippen LogP contribution >= 0.6 is 0 Å². The van der Waals surface area contributed by atoms with Gasteiger partial charge in [0.15, 0.2) is 0 Å². The second kappa shape index (κ2) is 7.90. The first-order valence-electron chi connectivity index (χ1n) is 8.52. The number of amides is 1. The van der Waals surface area contributed by atoms with Gasteiger partial charge in [-0.1, -0.05) is 18.2 Å². The third kappa shape index (κ3) is 4.43. The predicted octanol–water partition coefficient (Wildman–Crippen LogP) is 4.35. The molecule has 0 fully saturated rings. The van der Waals surface area contributed by atoms with E-state index in [2.05, 4.69) is 0 Å². The highest BCUT2D eigenvalue weighted by Gasteiger charge is 2.30. The molecule has 1 aromatic heterocycles. The maximum absolute atomic E-state index is 13.0. The number of rotatable bonds is 6. The summed E-state index contributed by atoms with van der Waals surface area (Å²) in [5.74, 6) is -0.601. The number of benzene rings is 2. The van der Waals surface area contributed by atoms with Crippen LogP contribution in [0.1, 0.15) is 22.4 Å². The Kier molecular flexibility index (Phi) is 5.56. The van der Waals surface area contributed by atoms with Crippen LogP contribution in [-0.4, -0.2) is 17.6 Å². The van der Waals surface area contributed by atoms with Crippen molar-refractivity contribution in [1.82, 2.24) is 4.57 Å². The normalized spacial score (nSPS) is 12.1. The van der Waals surface area contributed by atoms with Gasteiger partial charge in [0, 0.05) is 36.3 Å². The van der Waals surface area contributed by atoms with Gasteiger partial charge in [0.2, 0.25) is 5.91 Å². The minimum Gasteiger partial charge on any atom is -0.380 e. The summed E-state index contributed by atoms with van der Waals surface area (Å²) in [4.78, 5) is 11.1. The second-order valence-electron chi connectivity index (χ2n) is 6.42. The fraction of sp³-hybridized carbons (Fsp3) is 0.190. The van der Waals surface area contributed by atoms with Crippen molar-refractivity contribution in [2.24, 2.45) is 5.73 Å². The molecule has 1 heterocycles. The smallest absolute Gasteiger partial charge is 0.380 e. The zero-order valence-electron chi connectivity index (χ0n) is 15.2. The Bertz CT molecular complexity index is 1040. The van der Waals surface area contributed by atoms with Crippen molar-refractivity contribution in [3.05, 3.63) is 77.0 Å². The number of nitrogens with two attached hydrogens (primary N) is 1. The molecule has 2 N–H and O–H groups in total. The lowest BCUT2D eigenvalue weighted by Crippen LogP contribution is -2.08. The molecule has 2 aromatic carbocycles. The lowest BCUT2D eigenvalue weighted by atomic mass is 10.1. The van der Waals surface area contributed by atoms with Crippen LogP contribution in [0.25, 0.3) is 17.0 Å². The standard InChI is InChI=1S/C21H19F3N2O2/c1-28-13-15-5-7-19-16(9-15)11-18(6-8-20(25)27)26(19)12-14-3-2-4-17(10-14)21(22,23)24/h2-11H,12-13H2,1H3,(H2,25,27)/b8-6+. The van der Waals surface area contributed by atoms with Gasteiger partial charge in [-0.05, 0) is 47.5 Å². The monoisotopic (exact) mass is 388 g/mol. The summed E-state index contributed by atoms with van der Waals surface area (Å²) < 4.78 is 46.1. The van der Waals surface area contributed by atoms with Crippen LogP contribution in [0.2, 0.25) is 0 Å². The molecule has 3 aromatic rings. The summed E-state index contributed by atoms with van der Waals surface area (Å²) in [5.41, 5.74) is 7.47. The molecule has 146 valence electrons. The molecule has 0 aliphatic heterocycles. The van der Waals surface area contributed by atoms with Gasteiger partial charge in [-0.15, -0.1) is 0 Å². The fourth-order valence-electron chi connectivity index (χ4n) is 3.11. The summed E-state index contributed by atoms with van der Waals surface area (Å²) in [5, 5.41) is 0.894. The fourth-order valence-corrected chi connectivity index (χ4v) is 3.11. The van der Waals surface area contributed by atoms with Crippen molar-refractivity contribution in [3.8, 4) is 0 Å². The molecule has 7 heteroatoms. The molecule has 1 amide bonds. The van der Waals surface area contributed by atoms with E-state index >= 15 is 0 Å². The Morgan fingerprint density at radius 2 is 1.93 bits per heavy atom. The largest absolute Gasteiger partial charge is 0.416 e. The first-order valence-corrected chi connectivity index (χ1v) is 8.52. The number of primary amides is 1. The topological polar surface area (TPSA) is 57.2 Å². The van der Waals surface area contributed by atoms with Gasteiger partial charge < -0.3 is 15.0 Å². The number of nitrogens with zero attached hydrogens (tertiary/aromatic N) is 1. The van der Waals surface area contributed by atoms with Crippen LogP contribution in [0, 0.1) is 0 Å². The molecule has 0 saturated heterocycles. The number of halogens is 3. The summed E-state index contributed by atoms with van der Waals surface area (Å²) in [6.45, 7) is 0.663. The van der Waals surface area contributed by atoms with E-state index in [4.69, 9.17) is 10.5 Å². The highest BCUT2D eigenvalue weighted by atomic mass is 19.4. The Balaban J connectivity index is 2.07. The van der Waals surface area contributed by atoms with Gasteiger partial charge in [-0.2, -0.15) is 13.2 Å². The van der Waals surface area contributed by atoms with Crippen molar-refractivity contribution in [3.63, 3.8) is 0 Å². The summed E-state index contributed by atoms with van der Waals surface area (Å²) >= 11 is 0. The Morgan fingerprint density at radius 3 is 2.61 bits per heavy atom. The van der Waals surface area contributed by atoms with E-state index in [0.29, 0.717) is 17.9 Å². The van der Waals surface area contributed by atoms with E-state index in [9.17, 15) is 18.0 Å². The first kappa shape index (κ1) is 19.7. The number of hydrogen-bond donors (Lipinski definition) is 1. The summed E-state index contributed by atoms with van der Waals surface area (Å²) in [7, 11) is 1.60. The summed E-state index contributed by atoms with van der Waals surface area (Å²) in [6, 6.07) is 12.8. The molecule has 0 unspecified atom stereocenters. The van der Waals surface area contributed by atoms with E-state index in [1.807, 2.05) is 28.8 Å². The van der Waals surface area contributed by atoms with Gasteiger partial charge in [-0.3, -0.25) is 4.79 Å². The average Bonchev–Trinajstić information content (AvgIpc) is 2.96. The number of alkyl halides is 3. The van der Waals surface area contributed by atoms with Crippen molar-refractivity contribution < 1.29 is 22.7 Å². The van der Waals surface area contributed by atoms with Gasteiger partial charge >= 0.3 is 6.18 Å². The Morgan fingerprint density at radius 1 is 1.14 bits per heavy atom. The molecule has 0 spiro atoms. The lowest BCUT2D eigenvalue weighted by Gasteiger charge is -2.12. The van der Waals surface area contributed by atoms with Crippen LogP contribution in [0.15, 0.2) is 54.6 Å². The minimum absolute atomic E-state index is 0.218. The molecular formula is C21H19F3N2O2. The molecule has 28 heavy (non-hydrogen) atoms. The van der Waals surface area contributed by atoms with Gasteiger partial charge in [0.05, 0.1) is 12.2 Å². The van der Waals surface area contributed by atoms with E-state index in [1.165, 1.54) is 12.1 Å². The molecule has 0 aliphatic carbocycles. The number of carbonyl (C=O) groups is 1. The summed E-state index contributed by atoms with van der Waals surface area (Å²) in [6.07, 6.45) is -1.61. The SMILES string of the molecule is COCc1ccc2c(c1)cc(/C=C/C(N)=O)n2Cc1cccc(C(F)(F)F)c1. The van der Waals surface area contributed by atoms with E-state index in [1.54, 1.807) is 19.3 Å². The zero-order chi connectivity index (χ0) is 20.3. The third-order valence-corrected chi connectivity index (χ3v) is 4.32. The van der Waals surface area contributed by atoms with Crippen LogP contribution in [0.4, 0.5) is 13.2 Å². The average molecular weight is 388 g/mol. The minimum atomic E-state index is -4.40. The Hall–Kier alpha value is -3.06. The van der Waals surface area contributed by atoms with E-state index in [-0.39, 0.29) is 6.54 Å². The van der Waals surface area contributed by atoms with Gasteiger partial charge in [0.1, 0.15) is 0 Å². The maximum Gasteiger partial charge on any atom is 0.416 e. The van der Waals surface area contributed by atoms with E-state index < -0.39 is 17.6 Å².